The van der Waals surface area contributed by atoms with E-state index in [1.54, 1.807) is 6.33 Å². The van der Waals surface area contributed by atoms with Crippen molar-refractivity contribution in [2.45, 2.75) is 20.8 Å². The van der Waals surface area contributed by atoms with Crippen molar-refractivity contribution in [1.29, 1.82) is 0 Å². The van der Waals surface area contributed by atoms with E-state index < -0.39 is 0 Å². The van der Waals surface area contributed by atoms with E-state index in [-0.39, 0.29) is 32.7 Å². The Hall–Kier alpha value is -0.206. The van der Waals surface area contributed by atoms with Gasteiger partial charge in [-0.3, -0.25) is 0 Å². The van der Waals surface area contributed by atoms with Gasteiger partial charge in [0.05, 0.1) is 6.33 Å². The Balaban J connectivity index is 0.000000451. The molecule has 3 heteroatoms. The van der Waals surface area contributed by atoms with Gasteiger partial charge in [0.25, 0.3) is 0 Å². The van der Waals surface area contributed by atoms with Crippen LogP contribution in [0.2, 0.25) is 0 Å². The minimum Gasteiger partial charge on any atom is -0.368 e. The van der Waals surface area contributed by atoms with Crippen molar-refractivity contribution in [2.75, 3.05) is 0 Å². The van der Waals surface area contributed by atoms with Gasteiger partial charge in [-0.1, -0.05) is 20.8 Å². The Bertz CT molecular complexity index is 354. The van der Waals surface area contributed by atoms with Gasteiger partial charge < -0.3 is 9.97 Å². The third-order valence-corrected chi connectivity index (χ3v) is 1.50. The summed E-state index contributed by atoms with van der Waals surface area (Å²) in [6.07, 6.45) is 1.69. The van der Waals surface area contributed by atoms with E-state index in [9.17, 15) is 0 Å². The average molecular weight is 250 g/mol. The van der Waals surface area contributed by atoms with Crippen molar-refractivity contribution in [2.24, 2.45) is 0 Å². The molecule has 0 aliphatic heterocycles. The van der Waals surface area contributed by atoms with Crippen molar-refractivity contribution in [3.8, 4) is 0 Å². The number of aryl methyl sites for hydroxylation is 1. The van der Waals surface area contributed by atoms with Gasteiger partial charge in [0.15, 0.2) is 0 Å². The Labute approximate surface area is 104 Å². The number of nitrogens with one attached hydrogen (secondary N) is 1. The molecule has 0 amide bonds. The average Bonchev–Trinajstić information content (AvgIpc) is 2.54. The van der Waals surface area contributed by atoms with Crippen LogP contribution in [-0.2, 0) is 32.7 Å². The third kappa shape index (κ3) is 3.20. The van der Waals surface area contributed by atoms with Crippen molar-refractivity contribution in [3.63, 3.8) is 0 Å². The van der Waals surface area contributed by atoms with Gasteiger partial charge in [0.1, 0.15) is 0 Å². The fourth-order valence-electron chi connectivity index (χ4n) is 0.986. The molecule has 0 aliphatic rings. The van der Waals surface area contributed by atoms with Crippen LogP contribution in [0.15, 0.2) is 18.5 Å². The van der Waals surface area contributed by atoms with Crippen LogP contribution in [0.3, 0.4) is 0 Å². The van der Waals surface area contributed by atoms with Crippen LogP contribution in [-0.4, -0.2) is 9.97 Å². The van der Waals surface area contributed by atoms with Crippen LogP contribution in [0.4, 0.5) is 0 Å². The van der Waals surface area contributed by atoms with E-state index in [4.69, 9.17) is 0 Å². The molecule has 0 fully saturated rings. The predicted molar refractivity (Wildman–Crippen MR) is 51.0 cm³/mol. The van der Waals surface area contributed by atoms with Crippen LogP contribution in [0.1, 0.15) is 19.4 Å². The van der Waals surface area contributed by atoms with Crippen molar-refractivity contribution in [1.82, 2.24) is 9.97 Å². The van der Waals surface area contributed by atoms with E-state index in [2.05, 4.69) is 16.0 Å². The molecule has 1 radical (unpaired) electrons. The maximum atomic E-state index is 4.07. The normalized spacial score (nSPS) is 8.54. The number of aromatic nitrogens is 2. The number of benzene rings is 1. The number of aromatic amines is 1. The molecule has 67 valence electrons. The molecule has 2 aromatic rings. The van der Waals surface area contributed by atoms with Crippen LogP contribution in [0, 0.1) is 13.0 Å². The zero-order chi connectivity index (χ0) is 8.97. The molecule has 0 aliphatic carbocycles. The number of H-pyrrole nitrogens is 1. The molecule has 1 heterocycles. The SMILES string of the molecule is CC.Cc1[c-]cc2nc[nH]c2c1.[Y]. The molecule has 0 unspecified atom stereocenters. The Morgan fingerprint density at radius 3 is 2.77 bits per heavy atom. The van der Waals surface area contributed by atoms with Gasteiger partial charge in [-0.25, -0.2) is 0 Å². The second kappa shape index (κ2) is 6.28. The second-order valence-corrected chi connectivity index (χ2v) is 2.32. The third-order valence-electron chi connectivity index (χ3n) is 1.50. The van der Waals surface area contributed by atoms with E-state index in [0.29, 0.717) is 0 Å². The minimum absolute atomic E-state index is 0. The topological polar surface area (TPSA) is 28.7 Å². The van der Waals surface area contributed by atoms with Gasteiger partial charge in [0.2, 0.25) is 0 Å². The first-order chi connectivity index (χ1) is 5.86. The summed E-state index contributed by atoms with van der Waals surface area (Å²) in [6, 6.07) is 7.00. The molecule has 0 saturated heterocycles. The summed E-state index contributed by atoms with van der Waals surface area (Å²) in [5.74, 6) is 0. The summed E-state index contributed by atoms with van der Waals surface area (Å²) in [7, 11) is 0. The maximum Gasteiger partial charge on any atom is 0.0772 e. The smallest absolute Gasteiger partial charge is 0.0772 e. The minimum atomic E-state index is 0. The first-order valence-corrected chi connectivity index (χ1v) is 4.18. The van der Waals surface area contributed by atoms with E-state index >= 15 is 0 Å². The quantitative estimate of drug-likeness (QED) is 0.715. The summed E-state index contributed by atoms with van der Waals surface area (Å²) in [5, 5.41) is 0. The molecule has 1 N–H and O–H groups in total. The van der Waals surface area contributed by atoms with E-state index in [0.717, 1.165) is 16.6 Å². The zero-order valence-corrected chi connectivity index (χ0v) is 11.1. The Morgan fingerprint density at radius 2 is 2.08 bits per heavy atom. The molecular weight excluding hydrogens is 237 g/mol. The molecule has 0 saturated carbocycles. The molecule has 0 bridgehead atoms. The summed E-state index contributed by atoms with van der Waals surface area (Å²) >= 11 is 0. The number of rotatable bonds is 0. The molecule has 1 aromatic heterocycles. The molecular formula is C10H13N2Y-. The second-order valence-electron chi connectivity index (χ2n) is 2.32. The first kappa shape index (κ1) is 12.8. The fraction of sp³-hybridized carbons (Fsp3) is 0.300. The summed E-state index contributed by atoms with van der Waals surface area (Å²) in [6.45, 7) is 6.01. The standard InChI is InChI=1S/C8H7N2.C2H6.Y/c1-6-2-3-7-8(4-6)10-5-9-7;1-2;/h3-5H,1H3,(H,9,10);1-2H3;/q-1;;. The van der Waals surface area contributed by atoms with Gasteiger partial charge >= 0.3 is 0 Å². The first-order valence-electron chi connectivity index (χ1n) is 4.18. The number of imidazole rings is 1. The van der Waals surface area contributed by atoms with Gasteiger partial charge in [-0.2, -0.15) is 11.6 Å². The molecule has 2 rings (SSSR count). The zero-order valence-electron chi connectivity index (χ0n) is 8.26. The van der Waals surface area contributed by atoms with Gasteiger partial charge in [-0.15, -0.1) is 12.1 Å². The van der Waals surface area contributed by atoms with Gasteiger partial charge in [-0.05, 0) is 11.0 Å². The Kier molecular flexibility index (Phi) is 6.18. The van der Waals surface area contributed by atoms with Crippen LogP contribution in [0.25, 0.3) is 11.0 Å². The monoisotopic (exact) mass is 250 g/mol. The number of hydrogen-bond donors (Lipinski definition) is 1. The van der Waals surface area contributed by atoms with Crippen LogP contribution in [0.5, 0.6) is 0 Å². The predicted octanol–water partition coefficient (Wildman–Crippen LogP) is 2.70. The number of hydrogen-bond acceptors (Lipinski definition) is 1. The molecule has 1 aromatic carbocycles. The van der Waals surface area contributed by atoms with Crippen LogP contribution < -0.4 is 0 Å². The summed E-state index contributed by atoms with van der Waals surface area (Å²) < 4.78 is 0. The number of nitrogens with zero attached hydrogens (tertiary/aromatic N) is 1. The molecule has 2 nitrogen and oxygen atoms in total. The fourth-order valence-corrected chi connectivity index (χ4v) is 0.986. The largest absolute Gasteiger partial charge is 0.368 e. The molecule has 13 heavy (non-hydrogen) atoms. The van der Waals surface area contributed by atoms with Crippen molar-refractivity contribution in [3.05, 3.63) is 30.1 Å². The molecule has 0 spiro atoms. The van der Waals surface area contributed by atoms with Crippen LogP contribution >= 0.6 is 0 Å². The maximum absolute atomic E-state index is 4.07. The Morgan fingerprint density at radius 1 is 1.38 bits per heavy atom. The van der Waals surface area contributed by atoms with Gasteiger partial charge in [0, 0.05) is 32.7 Å². The number of fused-ring (bicyclic) bond motifs is 1. The summed E-state index contributed by atoms with van der Waals surface area (Å²) in [5.41, 5.74) is 3.19. The van der Waals surface area contributed by atoms with E-state index in [1.807, 2.05) is 32.9 Å². The van der Waals surface area contributed by atoms with E-state index in [1.165, 1.54) is 0 Å². The summed E-state index contributed by atoms with van der Waals surface area (Å²) in [4.78, 5) is 7.10. The van der Waals surface area contributed by atoms with Crippen molar-refractivity contribution >= 4 is 11.0 Å². The molecule has 0 atom stereocenters. The van der Waals surface area contributed by atoms with Crippen molar-refractivity contribution < 1.29 is 32.7 Å².